The van der Waals surface area contributed by atoms with E-state index in [0.29, 0.717) is 35.7 Å². The van der Waals surface area contributed by atoms with Crippen molar-refractivity contribution in [1.29, 1.82) is 0 Å². The molecular formula is C18H17BF2N2O2. The maximum Gasteiger partial charge on any atom is 0.677 e. The fourth-order valence-electron chi connectivity index (χ4n) is 2.62. The van der Waals surface area contributed by atoms with Gasteiger partial charge in [-0.25, -0.2) is 0 Å². The van der Waals surface area contributed by atoms with Gasteiger partial charge in [0.05, 0.1) is 12.3 Å². The van der Waals surface area contributed by atoms with Crippen LogP contribution in [0.5, 0.6) is 5.75 Å². The average Bonchev–Trinajstić information content (AvgIpc) is 3.29. The molecule has 1 aromatic carbocycles. The summed E-state index contributed by atoms with van der Waals surface area (Å²) in [7, 11) is -2.63. The van der Waals surface area contributed by atoms with E-state index in [2.05, 4.69) is 4.99 Å². The maximum atomic E-state index is 13.3. The third-order valence-corrected chi connectivity index (χ3v) is 3.77. The molecule has 25 heavy (non-hydrogen) atoms. The van der Waals surface area contributed by atoms with E-state index in [1.165, 1.54) is 6.20 Å². The summed E-state index contributed by atoms with van der Waals surface area (Å²) in [4.78, 5) is 4.28. The third-order valence-electron chi connectivity index (χ3n) is 3.77. The summed E-state index contributed by atoms with van der Waals surface area (Å²) in [5, 5.41) is 8.79. The Bertz CT molecular complexity index is 797. The van der Waals surface area contributed by atoms with Crippen LogP contribution in [0, 0.1) is 0 Å². The van der Waals surface area contributed by atoms with Crippen molar-refractivity contribution in [3.05, 3.63) is 71.7 Å². The van der Waals surface area contributed by atoms with E-state index in [1.54, 1.807) is 42.6 Å². The fraction of sp³-hybridized carbons (Fsp3) is 0.167. The molecule has 0 radical (unpaired) electrons. The molecule has 1 aliphatic heterocycles. The Morgan fingerprint density at radius 2 is 2.00 bits per heavy atom. The lowest BCUT2D eigenvalue weighted by atomic mass is 9.99. The first-order chi connectivity index (χ1) is 12.2. The number of rotatable bonds is 7. The molecular weight excluding hydrogens is 325 g/mol. The Kier molecular flexibility index (Phi) is 5.45. The molecule has 0 amide bonds. The van der Waals surface area contributed by atoms with Gasteiger partial charge in [0.1, 0.15) is 5.75 Å². The lowest BCUT2D eigenvalue weighted by Gasteiger charge is -2.13. The van der Waals surface area contributed by atoms with Gasteiger partial charge in [-0.05, 0) is 48.2 Å². The molecule has 0 saturated heterocycles. The van der Waals surface area contributed by atoms with Crippen LogP contribution in [-0.2, 0) is 0 Å². The van der Waals surface area contributed by atoms with Crippen molar-refractivity contribution in [2.45, 2.75) is 6.42 Å². The molecule has 0 fully saturated rings. The van der Waals surface area contributed by atoms with E-state index in [0.717, 1.165) is 10.0 Å². The van der Waals surface area contributed by atoms with Crippen molar-refractivity contribution in [3.63, 3.8) is 0 Å². The van der Waals surface area contributed by atoms with Crippen molar-refractivity contribution >= 4 is 19.2 Å². The molecule has 3 rings (SSSR count). The largest absolute Gasteiger partial charge is 0.677 e. The van der Waals surface area contributed by atoms with Crippen LogP contribution < -0.4 is 4.74 Å². The number of aromatic nitrogens is 1. The van der Waals surface area contributed by atoms with Gasteiger partial charge >= 0.3 is 7.40 Å². The normalized spacial score (nSPS) is 14.8. The van der Waals surface area contributed by atoms with E-state index in [4.69, 9.17) is 9.84 Å². The first-order valence-corrected chi connectivity index (χ1v) is 7.95. The molecule has 0 bridgehead atoms. The van der Waals surface area contributed by atoms with Gasteiger partial charge in [0.25, 0.3) is 0 Å². The second-order valence-electron chi connectivity index (χ2n) is 5.43. The van der Waals surface area contributed by atoms with Gasteiger partial charge in [0.2, 0.25) is 0 Å². The smallest absolute Gasteiger partial charge is 0.494 e. The number of benzene rings is 1. The zero-order valence-corrected chi connectivity index (χ0v) is 13.5. The molecule has 1 aliphatic rings. The number of hydrogen-bond acceptors (Lipinski definition) is 3. The molecule has 0 unspecified atom stereocenters. The van der Waals surface area contributed by atoms with Crippen molar-refractivity contribution < 1.29 is 18.5 Å². The first-order valence-electron chi connectivity index (χ1n) is 7.95. The number of allylic oxidation sites excluding steroid dienone is 2. The highest BCUT2D eigenvalue weighted by Gasteiger charge is 2.23. The molecule has 0 saturated carbocycles. The zero-order valence-electron chi connectivity index (χ0n) is 13.5. The number of ether oxygens (including phenoxy) is 1. The predicted octanol–water partition coefficient (Wildman–Crippen LogP) is 3.42. The predicted molar refractivity (Wildman–Crippen MR) is 95.1 cm³/mol. The van der Waals surface area contributed by atoms with E-state index in [1.807, 2.05) is 12.1 Å². The quantitative estimate of drug-likeness (QED) is 0.619. The van der Waals surface area contributed by atoms with Crippen LogP contribution in [0.25, 0.3) is 5.57 Å². The Morgan fingerprint density at radius 3 is 2.64 bits per heavy atom. The minimum absolute atomic E-state index is 0.0727. The molecule has 0 aliphatic carbocycles. The lowest BCUT2D eigenvalue weighted by Crippen LogP contribution is -2.15. The Morgan fingerprint density at radius 1 is 1.20 bits per heavy atom. The van der Waals surface area contributed by atoms with E-state index in [9.17, 15) is 8.63 Å². The van der Waals surface area contributed by atoms with Crippen LogP contribution in [0.2, 0.25) is 0 Å². The van der Waals surface area contributed by atoms with Crippen molar-refractivity contribution in [2.24, 2.45) is 4.99 Å². The highest BCUT2D eigenvalue weighted by molar-refractivity contribution is 6.41. The minimum atomic E-state index is -2.63. The standard InChI is InChI=1S/C18H17BF2N2O2/c20-19(21)23-11-2-5-17(23)18(16-4-1-10-22-16)14-6-8-15(9-7-14)25-13-3-12-24/h1-2,4-11,24H,3,12-13H2/b18-16-. The van der Waals surface area contributed by atoms with Gasteiger partial charge in [0, 0.05) is 30.5 Å². The number of hydrogen-bond donors (Lipinski definition) is 1. The summed E-state index contributed by atoms with van der Waals surface area (Å²) in [6, 6.07) is 10.5. The Balaban J connectivity index is 1.97. The molecule has 128 valence electrons. The monoisotopic (exact) mass is 342 g/mol. The molecule has 1 N–H and O–H groups in total. The SMILES string of the molecule is OCCCOc1ccc(/C(=C2\C=CC=N2)c2cccn2B(F)F)cc1. The Labute approximate surface area is 145 Å². The molecule has 7 heteroatoms. The fourth-order valence-corrected chi connectivity index (χ4v) is 2.62. The number of halogens is 2. The van der Waals surface area contributed by atoms with Crippen LogP contribution in [0.4, 0.5) is 8.63 Å². The van der Waals surface area contributed by atoms with Crippen LogP contribution in [0.15, 0.2) is 65.4 Å². The van der Waals surface area contributed by atoms with Gasteiger partial charge in [-0.1, -0.05) is 12.1 Å². The van der Waals surface area contributed by atoms with Gasteiger partial charge in [-0.2, -0.15) is 0 Å². The lowest BCUT2D eigenvalue weighted by molar-refractivity contribution is 0.233. The van der Waals surface area contributed by atoms with Crippen LogP contribution >= 0.6 is 0 Å². The molecule has 0 spiro atoms. The van der Waals surface area contributed by atoms with Crippen LogP contribution in [-0.4, -0.2) is 36.4 Å². The van der Waals surface area contributed by atoms with E-state index < -0.39 is 7.40 Å². The summed E-state index contributed by atoms with van der Waals surface area (Å²) >= 11 is 0. The van der Waals surface area contributed by atoms with Crippen molar-refractivity contribution in [3.8, 4) is 5.75 Å². The highest BCUT2D eigenvalue weighted by Crippen LogP contribution is 2.31. The first kappa shape index (κ1) is 17.2. The second kappa shape index (κ2) is 7.94. The third kappa shape index (κ3) is 3.88. The minimum Gasteiger partial charge on any atom is -0.494 e. The van der Waals surface area contributed by atoms with Gasteiger partial charge in [0.15, 0.2) is 0 Å². The zero-order chi connectivity index (χ0) is 17.6. The Hall–Kier alpha value is -2.67. The summed E-state index contributed by atoms with van der Waals surface area (Å²) < 4.78 is 33.0. The van der Waals surface area contributed by atoms with Gasteiger partial charge in [-0.3, -0.25) is 13.6 Å². The number of aliphatic hydroxyl groups excluding tert-OH is 1. The molecule has 0 atom stereocenters. The molecule has 4 nitrogen and oxygen atoms in total. The summed E-state index contributed by atoms with van der Waals surface area (Å²) in [6.45, 7) is 0.494. The average molecular weight is 342 g/mol. The van der Waals surface area contributed by atoms with Crippen LogP contribution in [0.3, 0.4) is 0 Å². The maximum absolute atomic E-state index is 13.3. The topological polar surface area (TPSA) is 46.8 Å². The summed E-state index contributed by atoms with van der Waals surface area (Å²) in [5.41, 5.74) is 2.45. The highest BCUT2D eigenvalue weighted by atomic mass is 19.2. The summed E-state index contributed by atoms with van der Waals surface area (Å²) in [6.07, 6.45) is 7.12. The van der Waals surface area contributed by atoms with Gasteiger partial charge in [-0.15, -0.1) is 0 Å². The van der Waals surface area contributed by atoms with Gasteiger partial charge < -0.3 is 14.3 Å². The molecule has 2 aromatic rings. The van der Waals surface area contributed by atoms with Crippen molar-refractivity contribution in [1.82, 2.24) is 4.48 Å². The molecule has 1 aromatic heterocycles. The van der Waals surface area contributed by atoms with E-state index in [-0.39, 0.29) is 6.61 Å². The second-order valence-corrected chi connectivity index (χ2v) is 5.43. The number of aliphatic hydroxyl groups is 1. The number of aliphatic imine (C=N–C) groups is 1. The summed E-state index contributed by atoms with van der Waals surface area (Å²) in [5.74, 6) is 0.663. The number of nitrogens with zero attached hydrogens (tertiary/aromatic N) is 2. The van der Waals surface area contributed by atoms with E-state index >= 15 is 0 Å². The molecule has 2 heterocycles. The van der Waals surface area contributed by atoms with Crippen molar-refractivity contribution in [2.75, 3.05) is 13.2 Å². The van der Waals surface area contributed by atoms with Crippen LogP contribution in [0.1, 0.15) is 17.7 Å².